The summed E-state index contributed by atoms with van der Waals surface area (Å²) in [5.41, 5.74) is 7.83. The van der Waals surface area contributed by atoms with E-state index in [9.17, 15) is 0 Å². The second kappa shape index (κ2) is 12.2. The van der Waals surface area contributed by atoms with Gasteiger partial charge < -0.3 is 8.98 Å². The van der Waals surface area contributed by atoms with Gasteiger partial charge in [-0.2, -0.15) is 0 Å². The average Bonchev–Trinajstić information content (AvgIpc) is 4.05. The first-order valence-corrected chi connectivity index (χ1v) is 20.9. The minimum absolute atomic E-state index is 0.600. The van der Waals surface area contributed by atoms with Crippen LogP contribution in [0.2, 0.25) is 0 Å². The van der Waals surface area contributed by atoms with Gasteiger partial charge in [-0.25, -0.2) is 15.0 Å². The Morgan fingerprint density at radius 3 is 1.93 bits per heavy atom. The third-order valence-electron chi connectivity index (χ3n) is 11.4. The molecule has 0 atom stereocenters. The van der Waals surface area contributed by atoms with Gasteiger partial charge in [0, 0.05) is 78.6 Å². The summed E-state index contributed by atoms with van der Waals surface area (Å²) in [5, 5.41) is 9.59. The molecule has 8 aromatic carbocycles. The van der Waals surface area contributed by atoms with Crippen LogP contribution < -0.4 is 0 Å². The van der Waals surface area contributed by atoms with E-state index in [1.165, 1.54) is 56.6 Å². The number of hydrogen-bond acceptors (Lipinski definition) is 6. The van der Waals surface area contributed by atoms with Crippen molar-refractivity contribution in [2.24, 2.45) is 0 Å². The summed E-state index contributed by atoms with van der Waals surface area (Å²) in [6.07, 6.45) is 0. The zero-order chi connectivity index (χ0) is 37.9. The van der Waals surface area contributed by atoms with Gasteiger partial charge in [-0.05, 0) is 48.5 Å². The fourth-order valence-electron chi connectivity index (χ4n) is 8.94. The molecule has 0 bridgehead atoms. The predicted octanol–water partition coefficient (Wildman–Crippen LogP) is 14.6. The minimum atomic E-state index is 0.600. The lowest BCUT2D eigenvalue weighted by Gasteiger charge is -2.14. The summed E-state index contributed by atoms with van der Waals surface area (Å²) in [6.45, 7) is 0. The van der Waals surface area contributed by atoms with Crippen molar-refractivity contribution < 1.29 is 4.42 Å². The van der Waals surface area contributed by atoms with Gasteiger partial charge in [0.05, 0.1) is 16.7 Å². The van der Waals surface area contributed by atoms with Crippen LogP contribution in [0.4, 0.5) is 0 Å². The van der Waals surface area contributed by atoms with Gasteiger partial charge in [-0.15, -0.1) is 22.7 Å². The first-order chi connectivity index (χ1) is 28.7. The van der Waals surface area contributed by atoms with Crippen molar-refractivity contribution in [1.82, 2.24) is 19.5 Å². The van der Waals surface area contributed by atoms with Gasteiger partial charge in [-0.3, -0.25) is 0 Å². The van der Waals surface area contributed by atoms with Crippen molar-refractivity contribution in [2.45, 2.75) is 0 Å². The van der Waals surface area contributed by atoms with Gasteiger partial charge in [0.25, 0.3) is 0 Å². The third-order valence-corrected chi connectivity index (χ3v) is 13.8. The molecule has 58 heavy (non-hydrogen) atoms. The fraction of sp³-hybridized carbons (Fsp3) is 0. The molecule has 0 aliphatic carbocycles. The van der Waals surface area contributed by atoms with Crippen molar-refractivity contribution in [3.63, 3.8) is 0 Å². The van der Waals surface area contributed by atoms with E-state index in [4.69, 9.17) is 19.4 Å². The van der Waals surface area contributed by atoms with Crippen molar-refractivity contribution >= 4 is 107 Å². The molecule has 7 heteroatoms. The van der Waals surface area contributed by atoms with Crippen LogP contribution in [0, 0.1) is 0 Å². The second-order valence-electron chi connectivity index (χ2n) is 14.7. The number of para-hydroxylation sites is 2. The molecule has 0 radical (unpaired) electrons. The number of furan rings is 1. The molecule has 13 rings (SSSR count). The molecule has 0 fully saturated rings. The van der Waals surface area contributed by atoms with Crippen LogP contribution in [-0.4, -0.2) is 19.5 Å². The van der Waals surface area contributed by atoms with Gasteiger partial charge >= 0.3 is 0 Å². The number of aromatic nitrogens is 4. The van der Waals surface area contributed by atoms with E-state index in [1.54, 1.807) is 0 Å². The molecule has 0 amide bonds. The Balaban J connectivity index is 1.13. The number of benzene rings is 8. The Bertz CT molecular complexity index is 3820. The van der Waals surface area contributed by atoms with Gasteiger partial charge in [-0.1, -0.05) is 121 Å². The van der Waals surface area contributed by atoms with Crippen molar-refractivity contribution in [3.8, 4) is 39.9 Å². The molecule has 0 aliphatic heterocycles. The molecular formula is C51H28N4OS2. The maximum atomic E-state index is 6.32. The maximum Gasteiger partial charge on any atom is 0.164 e. The molecule has 0 aliphatic rings. The van der Waals surface area contributed by atoms with E-state index in [-0.39, 0.29) is 0 Å². The summed E-state index contributed by atoms with van der Waals surface area (Å²) >= 11 is 3.69. The van der Waals surface area contributed by atoms with Crippen LogP contribution in [0.3, 0.4) is 0 Å². The summed E-state index contributed by atoms with van der Waals surface area (Å²) in [5.74, 6) is 1.83. The molecule has 0 saturated heterocycles. The highest BCUT2D eigenvalue weighted by atomic mass is 32.1. The highest BCUT2D eigenvalue weighted by Gasteiger charge is 2.23. The minimum Gasteiger partial charge on any atom is -0.456 e. The molecule has 270 valence electrons. The topological polar surface area (TPSA) is 56.7 Å². The molecule has 0 saturated carbocycles. The van der Waals surface area contributed by atoms with Gasteiger partial charge in [0.15, 0.2) is 17.5 Å². The smallest absolute Gasteiger partial charge is 0.164 e. The zero-order valence-corrected chi connectivity index (χ0v) is 32.3. The molecule has 0 unspecified atom stereocenters. The number of hydrogen-bond donors (Lipinski definition) is 0. The van der Waals surface area contributed by atoms with Crippen LogP contribution in [0.5, 0.6) is 0 Å². The van der Waals surface area contributed by atoms with Gasteiger partial charge in [0.2, 0.25) is 0 Å². The van der Waals surface area contributed by atoms with Crippen LogP contribution >= 0.6 is 22.7 Å². The van der Waals surface area contributed by atoms with E-state index in [0.717, 1.165) is 49.8 Å². The molecule has 5 aromatic heterocycles. The average molecular weight is 777 g/mol. The Labute approximate surface area is 338 Å². The second-order valence-corrected chi connectivity index (χ2v) is 16.8. The van der Waals surface area contributed by atoms with E-state index >= 15 is 0 Å². The number of rotatable bonds is 4. The van der Waals surface area contributed by atoms with Crippen molar-refractivity contribution in [1.29, 1.82) is 0 Å². The van der Waals surface area contributed by atoms with Crippen LogP contribution in [0.25, 0.3) is 124 Å². The molecule has 5 heterocycles. The fourth-order valence-corrected chi connectivity index (χ4v) is 11.4. The summed E-state index contributed by atoms with van der Waals surface area (Å²) in [4.78, 5) is 15.8. The Morgan fingerprint density at radius 2 is 1.07 bits per heavy atom. The first kappa shape index (κ1) is 32.0. The largest absolute Gasteiger partial charge is 0.456 e. The van der Waals surface area contributed by atoms with Crippen molar-refractivity contribution in [2.75, 3.05) is 0 Å². The van der Waals surface area contributed by atoms with Crippen LogP contribution in [0.1, 0.15) is 0 Å². The SMILES string of the molecule is c1ccc(-c2nc(-c3cc(-n4c5ccccc5c5c6sc7ccccc7c6ccc54)c4c(c3)sc3ccccc34)nc(-c3cccc4oc5ccccc5c34)n2)cc1. The monoisotopic (exact) mass is 776 g/mol. The lowest BCUT2D eigenvalue weighted by molar-refractivity contribution is 0.669. The quantitative estimate of drug-likeness (QED) is 0.179. The van der Waals surface area contributed by atoms with Crippen LogP contribution in [0.15, 0.2) is 174 Å². The Hall–Kier alpha value is -7.19. The molecular weight excluding hydrogens is 749 g/mol. The summed E-state index contributed by atoms with van der Waals surface area (Å²) in [6, 6.07) is 60.0. The standard InChI is InChI=1S/C51H28N4OS2/c1-2-13-29(14-3-1)49-52-50(54-51(53-49)36-19-12-22-41-45(36)34-17-5-9-21-40(34)56-41)30-27-39(46-35-18-7-11-24-43(35)57-44(46)28-30)55-37-20-8-4-16-33(37)47-38(55)26-25-32-31-15-6-10-23-42(31)58-48(32)47/h1-28H. The lowest BCUT2D eigenvalue weighted by atomic mass is 10.0. The van der Waals surface area contributed by atoms with E-state index in [2.05, 4.69) is 126 Å². The zero-order valence-electron chi connectivity index (χ0n) is 30.7. The van der Waals surface area contributed by atoms with E-state index < -0.39 is 0 Å². The molecule has 5 nitrogen and oxygen atoms in total. The lowest BCUT2D eigenvalue weighted by Crippen LogP contribution is -2.01. The van der Waals surface area contributed by atoms with Gasteiger partial charge in [0.1, 0.15) is 11.2 Å². The normalized spacial score (nSPS) is 12.1. The summed E-state index contributed by atoms with van der Waals surface area (Å²) in [7, 11) is 0. The summed E-state index contributed by atoms with van der Waals surface area (Å²) < 4.78 is 13.8. The first-order valence-electron chi connectivity index (χ1n) is 19.3. The van der Waals surface area contributed by atoms with E-state index in [0.29, 0.717) is 17.5 Å². The Morgan fingerprint density at radius 1 is 0.397 bits per heavy atom. The van der Waals surface area contributed by atoms with E-state index in [1.807, 2.05) is 71.2 Å². The third kappa shape index (κ3) is 4.60. The van der Waals surface area contributed by atoms with Crippen molar-refractivity contribution in [3.05, 3.63) is 170 Å². The predicted molar refractivity (Wildman–Crippen MR) is 244 cm³/mol. The molecule has 0 spiro atoms. The highest BCUT2D eigenvalue weighted by Crippen LogP contribution is 2.47. The number of thiophene rings is 2. The molecule has 13 aromatic rings. The number of fused-ring (bicyclic) bond motifs is 13. The maximum absolute atomic E-state index is 6.32. The number of nitrogens with zero attached hydrogens (tertiary/aromatic N) is 4. The molecule has 0 N–H and O–H groups in total. The van der Waals surface area contributed by atoms with Crippen LogP contribution in [-0.2, 0) is 0 Å². The highest BCUT2D eigenvalue weighted by molar-refractivity contribution is 7.27. The Kier molecular flexibility index (Phi) is 6.70.